The molecular weight excluding hydrogens is 468 g/mol. The highest BCUT2D eigenvalue weighted by Crippen LogP contribution is 2.41. The van der Waals surface area contributed by atoms with Gasteiger partial charge in [0, 0.05) is 5.75 Å². The van der Waals surface area contributed by atoms with Crippen LogP contribution in [0.2, 0.25) is 0 Å². The number of carbonyl (C=O) groups excluding carboxylic acids is 2. The Hall–Kier alpha value is -3.27. The van der Waals surface area contributed by atoms with Crippen molar-refractivity contribution >= 4 is 41.2 Å². The summed E-state index contributed by atoms with van der Waals surface area (Å²) in [6.45, 7) is 1.88. The van der Waals surface area contributed by atoms with Crippen LogP contribution in [0.15, 0.2) is 78.0 Å². The summed E-state index contributed by atoms with van der Waals surface area (Å²) in [4.78, 5) is 28.7. The number of allylic oxidation sites excluding steroid dienone is 1. The molecule has 3 heterocycles. The largest absolute Gasteiger partial charge is 0.448 e. The van der Waals surface area contributed by atoms with Crippen LogP contribution in [0.3, 0.4) is 0 Å². The molecule has 1 fully saturated rings. The first kappa shape index (κ1) is 22.5. The van der Waals surface area contributed by atoms with E-state index < -0.39 is 18.1 Å². The number of aromatic nitrogens is 2. The molecule has 0 bridgehead atoms. The molecule has 2 aliphatic rings. The molecule has 2 N–H and O–H groups in total. The Kier molecular flexibility index (Phi) is 6.32. The van der Waals surface area contributed by atoms with E-state index in [0.29, 0.717) is 11.3 Å². The lowest BCUT2D eigenvalue weighted by molar-refractivity contribution is -0.153. The van der Waals surface area contributed by atoms with Crippen molar-refractivity contribution in [2.75, 3.05) is 5.75 Å². The van der Waals surface area contributed by atoms with Gasteiger partial charge in [-0.1, -0.05) is 71.2 Å². The van der Waals surface area contributed by atoms with Crippen LogP contribution in [0, 0.1) is 6.92 Å². The quantitative estimate of drug-likeness (QED) is 0.416. The monoisotopic (exact) mass is 490 g/mol. The third-order valence-electron chi connectivity index (χ3n) is 5.78. The lowest BCUT2D eigenvalue weighted by Gasteiger charge is -2.48. The van der Waals surface area contributed by atoms with E-state index in [2.05, 4.69) is 9.59 Å². The van der Waals surface area contributed by atoms with Crippen LogP contribution in [-0.4, -0.2) is 43.5 Å². The molecule has 2 aliphatic heterocycles. The van der Waals surface area contributed by atoms with Gasteiger partial charge in [0.2, 0.25) is 5.91 Å². The van der Waals surface area contributed by atoms with Crippen molar-refractivity contribution in [3.63, 3.8) is 0 Å². The fourth-order valence-electron chi connectivity index (χ4n) is 3.97. The Morgan fingerprint density at radius 2 is 1.76 bits per heavy atom. The van der Waals surface area contributed by atoms with Gasteiger partial charge in [0.1, 0.15) is 17.1 Å². The Balaban J connectivity index is 1.52. The fraction of sp³-hybridized carbons (Fsp3) is 0.200. The standard InChI is InChI=1S/C25H22N4O3S2/c1-15-19(34-28-27-15)13-12-18-14-33-24-20(26)23(30)29(24)21(18)25(31)32-22(16-8-4-2-5-9-16)17-10-6-3-7-11-17/h2-13,20,22,24H,14,26H2,1H3/b13-12-/t20?,24-/m0/s1. The number of benzene rings is 2. The van der Waals surface area contributed by atoms with E-state index >= 15 is 0 Å². The molecule has 34 heavy (non-hydrogen) atoms. The number of hydrogen-bond acceptors (Lipinski definition) is 8. The number of nitrogens with two attached hydrogens (primary N) is 1. The molecule has 5 rings (SSSR count). The Morgan fingerprint density at radius 3 is 2.35 bits per heavy atom. The van der Waals surface area contributed by atoms with Crippen LogP contribution >= 0.6 is 23.3 Å². The summed E-state index contributed by atoms with van der Waals surface area (Å²) < 4.78 is 10.0. The van der Waals surface area contributed by atoms with E-state index in [4.69, 9.17) is 10.5 Å². The highest BCUT2D eigenvalue weighted by Gasteiger charge is 2.52. The molecule has 2 atom stereocenters. The minimum absolute atomic E-state index is 0.249. The molecule has 0 saturated carbocycles. The molecule has 0 radical (unpaired) electrons. The van der Waals surface area contributed by atoms with E-state index in [1.54, 1.807) is 11.8 Å². The number of fused-ring (bicyclic) bond motifs is 1. The van der Waals surface area contributed by atoms with Crippen molar-refractivity contribution in [3.05, 3.63) is 99.7 Å². The third kappa shape index (κ3) is 4.18. The van der Waals surface area contributed by atoms with Crippen LogP contribution < -0.4 is 5.73 Å². The van der Waals surface area contributed by atoms with E-state index in [1.165, 1.54) is 16.4 Å². The van der Waals surface area contributed by atoms with Gasteiger partial charge in [0.25, 0.3) is 0 Å². The Morgan fingerprint density at radius 1 is 1.12 bits per heavy atom. The highest BCUT2D eigenvalue weighted by molar-refractivity contribution is 8.00. The smallest absolute Gasteiger partial charge is 0.356 e. The number of esters is 1. The van der Waals surface area contributed by atoms with E-state index in [0.717, 1.165) is 21.7 Å². The van der Waals surface area contributed by atoms with Gasteiger partial charge < -0.3 is 10.5 Å². The topological polar surface area (TPSA) is 98.4 Å². The number of rotatable bonds is 6. The van der Waals surface area contributed by atoms with Crippen molar-refractivity contribution in [1.29, 1.82) is 0 Å². The summed E-state index contributed by atoms with van der Waals surface area (Å²) in [5, 5.41) is 3.75. The number of thioether (sulfide) groups is 1. The Bertz CT molecular complexity index is 1230. The number of amides is 1. The van der Waals surface area contributed by atoms with Crippen LogP contribution in [0.25, 0.3) is 6.08 Å². The first-order chi connectivity index (χ1) is 16.5. The number of nitrogens with zero attached hydrogens (tertiary/aromatic N) is 3. The van der Waals surface area contributed by atoms with Crippen LogP contribution in [-0.2, 0) is 14.3 Å². The maximum absolute atomic E-state index is 13.7. The minimum Gasteiger partial charge on any atom is -0.448 e. The predicted molar refractivity (Wildman–Crippen MR) is 133 cm³/mol. The number of ether oxygens (including phenoxy) is 1. The zero-order chi connectivity index (χ0) is 23.7. The van der Waals surface area contributed by atoms with Gasteiger partial charge in [-0.2, -0.15) is 0 Å². The van der Waals surface area contributed by atoms with Crippen molar-refractivity contribution in [2.45, 2.75) is 24.4 Å². The van der Waals surface area contributed by atoms with Crippen molar-refractivity contribution < 1.29 is 14.3 Å². The third-order valence-corrected chi connectivity index (χ3v) is 7.90. The number of carbonyl (C=O) groups is 2. The second-order valence-corrected chi connectivity index (χ2v) is 9.86. The van der Waals surface area contributed by atoms with Crippen molar-refractivity contribution in [1.82, 2.24) is 14.5 Å². The average molecular weight is 491 g/mol. The van der Waals surface area contributed by atoms with Gasteiger partial charge >= 0.3 is 5.97 Å². The zero-order valence-corrected chi connectivity index (χ0v) is 20.0. The van der Waals surface area contributed by atoms with Gasteiger partial charge in [-0.15, -0.1) is 16.9 Å². The minimum atomic E-state index is -0.620. The normalized spacial score (nSPS) is 20.0. The van der Waals surface area contributed by atoms with Crippen LogP contribution in [0.4, 0.5) is 0 Å². The first-order valence-electron chi connectivity index (χ1n) is 10.8. The summed E-state index contributed by atoms with van der Waals surface area (Å²) in [5.41, 5.74) is 9.48. The summed E-state index contributed by atoms with van der Waals surface area (Å²) in [7, 11) is 0. The van der Waals surface area contributed by atoms with E-state index in [9.17, 15) is 9.59 Å². The summed E-state index contributed by atoms with van der Waals surface area (Å²) in [6.07, 6.45) is 3.11. The fourth-order valence-corrected chi connectivity index (χ4v) is 5.79. The highest BCUT2D eigenvalue weighted by atomic mass is 32.2. The SMILES string of the molecule is Cc1nnsc1/C=C\C1=C(C(=O)OC(c2ccccc2)c2ccccc2)N2C(=O)C(N)[C@@H]2SC1. The van der Waals surface area contributed by atoms with Gasteiger partial charge in [-0.25, -0.2) is 4.79 Å². The number of hydrogen-bond donors (Lipinski definition) is 1. The van der Waals surface area contributed by atoms with E-state index in [-0.39, 0.29) is 17.0 Å². The lowest BCUT2D eigenvalue weighted by atomic mass is 10.0. The molecule has 1 amide bonds. The lowest BCUT2D eigenvalue weighted by Crippen LogP contribution is -2.68. The van der Waals surface area contributed by atoms with Gasteiger partial charge in [-0.3, -0.25) is 9.69 Å². The summed E-state index contributed by atoms with van der Waals surface area (Å²) in [5.74, 6) is -0.292. The van der Waals surface area contributed by atoms with Crippen molar-refractivity contribution in [2.24, 2.45) is 5.73 Å². The van der Waals surface area contributed by atoms with Crippen LogP contribution in [0.5, 0.6) is 0 Å². The number of aryl methyl sites for hydroxylation is 1. The molecule has 0 spiro atoms. The zero-order valence-electron chi connectivity index (χ0n) is 18.3. The molecule has 9 heteroatoms. The molecule has 1 aromatic heterocycles. The van der Waals surface area contributed by atoms with Gasteiger partial charge in [-0.05, 0) is 41.2 Å². The average Bonchev–Trinajstić information content (AvgIpc) is 3.30. The molecule has 2 aromatic carbocycles. The molecule has 1 saturated heterocycles. The predicted octanol–water partition coefficient (Wildman–Crippen LogP) is 3.69. The molecule has 172 valence electrons. The Labute approximate surface area is 205 Å². The summed E-state index contributed by atoms with van der Waals surface area (Å²) in [6, 6.07) is 18.5. The van der Waals surface area contributed by atoms with E-state index in [1.807, 2.05) is 79.7 Å². The second kappa shape index (κ2) is 9.54. The van der Waals surface area contributed by atoms with Gasteiger partial charge in [0.05, 0.1) is 10.6 Å². The number of β-lactam (4-membered cyclic amide) rings is 1. The molecular formula is C25H22N4O3S2. The molecule has 7 nitrogen and oxygen atoms in total. The molecule has 3 aromatic rings. The maximum Gasteiger partial charge on any atom is 0.356 e. The van der Waals surface area contributed by atoms with Gasteiger partial charge in [0.15, 0.2) is 6.10 Å². The molecule has 1 unspecified atom stereocenters. The second-order valence-electron chi connectivity index (χ2n) is 7.97. The van der Waals surface area contributed by atoms with Crippen molar-refractivity contribution in [3.8, 4) is 0 Å². The molecule has 0 aliphatic carbocycles. The summed E-state index contributed by atoms with van der Waals surface area (Å²) >= 11 is 2.82. The first-order valence-corrected chi connectivity index (χ1v) is 12.6. The maximum atomic E-state index is 13.7. The van der Waals surface area contributed by atoms with Crippen LogP contribution in [0.1, 0.15) is 27.8 Å².